The average Bonchev–Trinajstić information content (AvgIpc) is 3.06. The molecular weight excluding hydrogens is 376 g/mol. The van der Waals surface area contributed by atoms with Gasteiger partial charge in [-0.1, -0.05) is 24.3 Å². The Labute approximate surface area is 169 Å². The summed E-state index contributed by atoms with van der Waals surface area (Å²) in [6.45, 7) is 3.00. The van der Waals surface area contributed by atoms with Crippen LogP contribution in [0.4, 0.5) is 4.79 Å². The summed E-state index contributed by atoms with van der Waals surface area (Å²) in [6, 6.07) is 12.3. The van der Waals surface area contributed by atoms with Gasteiger partial charge in [-0.25, -0.2) is 9.78 Å². The minimum absolute atomic E-state index is 0.0424. The first kappa shape index (κ1) is 21.7. The smallest absolute Gasteiger partial charge is 0.317 e. The van der Waals surface area contributed by atoms with Crippen molar-refractivity contribution >= 4 is 24.3 Å². The number of nitrogens with one attached hydrogen (secondary N) is 1. The van der Waals surface area contributed by atoms with E-state index in [-0.39, 0.29) is 12.5 Å². The molecule has 0 unspecified atom stereocenters. The third-order valence-electron chi connectivity index (χ3n) is 4.18. The molecule has 2 N–H and O–H groups in total. The van der Waals surface area contributed by atoms with Gasteiger partial charge in [-0.3, -0.25) is 9.69 Å². The van der Waals surface area contributed by atoms with E-state index < -0.39 is 0 Å². The second kappa shape index (κ2) is 11.3. The number of benzene rings is 1. The molecule has 3 rings (SSSR count). The summed E-state index contributed by atoms with van der Waals surface area (Å²) in [5.41, 5.74) is 3.94. The van der Waals surface area contributed by atoms with Gasteiger partial charge < -0.3 is 15.3 Å². The van der Waals surface area contributed by atoms with Crippen LogP contribution in [0.3, 0.4) is 0 Å². The van der Waals surface area contributed by atoms with E-state index in [4.69, 9.17) is 9.90 Å². The number of pyridine rings is 1. The third kappa shape index (κ3) is 6.86. The Morgan fingerprint density at radius 1 is 1.32 bits per heavy atom. The minimum Gasteiger partial charge on any atom is -0.483 e. The zero-order valence-corrected chi connectivity index (χ0v) is 17.0. The monoisotopic (exact) mass is 402 g/mol. The van der Waals surface area contributed by atoms with Crippen molar-refractivity contribution in [3.05, 3.63) is 59.3 Å². The SMILES string of the molecule is CN1Cc2ccc(CN(C)C(=O)NCCSc3ccccn3)cc2C1.O=CO. The lowest BCUT2D eigenvalue weighted by Crippen LogP contribution is -2.37. The largest absolute Gasteiger partial charge is 0.483 e. The van der Waals surface area contributed by atoms with Crippen LogP contribution >= 0.6 is 11.8 Å². The van der Waals surface area contributed by atoms with Crippen LogP contribution < -0.4 is 5.32 Å². The predicted octanol–water partition coefficient (Wildman–Crippen LogP) is 2.66. The van der Waals surface area contributed by atoms with Crippen molar-refractivity contribution in [3.8, 4) is 0 Å². The first-order chi connectivity index (χ1) is 13.5. The lowest BCUT2D eigenvalue weighted by molar-refractivity contribution is -0.122. The number of carboxylic acid groups (broad SMARTS) is 1. The van der Waals surface area contributed by atoms with E-state index in [2.05, 4.69) is 40.4 Å². The summed E-state index contributed by atoms with van der Waals surface area (Å²) in [4.78, 5) is 28.9. The van der Waals surface area contributed by atoms with E-state index in [0.29, 0.717) is 13.1 Å². The van der Waals surface area contributed by atoms with Crippen molar-refractivity contribution in [1.82, 2.24) is 20.1 Å². The maximum absolute atomic E-state index is 12.2. The van der Waals surface area contributed by atoms with Crippen LogP contribution in [0.5, 0.6) is 0 Å². The van der Waals surface area contributed by atoms with E-state index in [1.165, 1.54) is 16.7 Å². The molecule has 0 spiro atoms. The standard InChI is InChI=1S/C19H24N4OS.CH2O2/c1-22-13-16-7-6-15(11-17(16)14-22)12-23(2)19(24)21-9-10-25-18-5-3-4-8-20-18;2-1-3/h3-8,11H,9-10,12-14H2,1-2H3,(H,21,24);1H,(H,2,3). The molecule has 0 saturated carbocycles. The molecule has 0 fully saturated rings. The fraction of sp³-hybridized carbons (Fsp3) is 0.350. The summed E-state index contributed by atoms with van der Waals surface area (Å²) in [5, 5.41) is 10.8. The number of hydrogen-bond donors (Lipinski definition) is 2. The second-order valence-corrected chi connectivity index (χ2v) is 7.60. The van der Waals surface area contributed by atoms with E-state index >= 15 is 0 Å². The van der Waals surface area contributed by atoms with E-state index in [0.717, 1.165) is 23.9 Å². The summed E-state index contributed by atoms with van der Waals surface area (Å²) in [6.07, 6.45) is 1.78. The molecule has 0 bridgehead atoms. The maximum atomic E-state index is 12.2. The van der Waals surface area contributed by atoms with Gasteiger partial charge in [0.05, 0.1) is 5.03 Å². The Morgan fingerprint density at radius 2 is 2.07 bits per heavy atom. The minimum atomic E-state index is -0.250. The van der Waals surface area contributed by atoms with Gasteiger partial charge in [-0.15, -0.1) is 11.8 Å². The molecule has 1 aliphatic heterocycles. The summed E-state index contributed by atoms with van der Waals surface area (Å²) < 4.78 is 0. The van der Waals surface area contributed by atoms with Gasteiger partial charge in [0.2, 0.25) is 0 Å². The van der Waals surface area contributed by atoms with Crippen LogP contribution in [-0.2, 0) is 24.4 Å². The van der Waals surface area contributed by atoms with Crippen molar-refractivity contribution in [2.24, 2.45) is 0 Å². The summed E-state index contributed by atoms with van der Waals surface area (Å²) >= 11 is 1.64. The number of hydrogen-bond acceptors (Lipinski definition) is 5. The molecule has 0 radical (unpaired) electrons. The first-order valence-corrected chi connectivity index (χ1v) is 9.92. The molecule has 1 aromatic heterocycles. The molecule has 8 heteroatoms. The first-order valence-electron chi connectivity index (χ1n) is 8.93. The summed E-state index contributed by atoms with van der Waals surface area (Å²) in [5.74, 6) is 0.807. The number of urea groups is 1. The van der Waals surface area contributed by atoms with Crippen LogP contribution in [-0.4, -0.2) is 58.8 Å². The van der Waals surface area contributed by atoms with Gasteiger partial charge in [-0.2, -0.15) is 0 Å². The van der Waals surface area contributed by atoms with Crippen LogP contribution in [0.15, 0.2) is 47.6 Å². The fourth-order valence-electron chi connectivity index (χ4n) is 2.94. The number of carbonyl (C=O) groups excluding carboxylic acids is 1. The van der Waals surface area contributed by atoms with Gasteiger partial charge in [-0.05, 0) is 35.9 Å². The molecule has 2 heterocycles. The molecular formula is C20H26N4O3S. The van der Waals surface area contributed by atoms with Crippen molar-refractivity contribution in [2.75, 3.05) is 26.4 Å². The van der Waals surface area contributed by atoms with Crippen LogP contribution in [0.2, 0.25) is 0 Å². The molecule has 2 aromatic rings. The zero-order chi connectivity index (χ0) is 20.4. The van der Waals surface area contributed by atoms with E-state index in [1.807, 2.05) is 25.2 Å². The normalized spacial score (nSPS) is 12.5. The van der Waals surface area contributed by atoms with E-state index in [9.17, 15) is 4.79 Å². The Bertz CT molecular complexity index is 773. The summed E-state index contributed by atoms with van der Waals surface area (Å²) in [7, 11) is 3.96. The van der Waals surface area contributed by atoms with Crippen LogP contribution in [0.25, 0.3) is 0 Å². The molecule has 1 aromatic carbocycles. The number of fused-ring (bicyclic) bond motifs is 1. The van der Waals surface area contributed by atoms with E-state index in [1.54, 1.807) is 22.9 Å². The number of rotatable bonds is 6. The third-order valence-corrected chi connectivity index (χ3v) is 5.13. The second-order valence-electron chi connectivity index (χ2n) is 6.49. The number of aromatic nitrogens is 1. The lowest BCUT2D eigenvalue weighted by atomic mass is 10.1. The van der Waals surface area contributed by atoms with Crippen LogP contribution in [0, 0.1) is 0 Å². The number of thioether (sulfide) groups is 1. The predicted molar refractivity (Wildman–Crippen MR) is 110 cm³/mol. The molecule has 7 nitrogen and oxygen atoms in total. The molecule has 0 aliphatic carbocycles. The quantitative estimate of drug-likeness (QED) is 0.439. The Balaban J connectivity index is 0.000000878. The number of nitrogens with zero attached hydrogens (tertiary/aromatic N) is 3. The van der Waals surface area contributed by atoms with Crippen molar-refractivity contribution in [2.45, 2.75) is 24.7 Å². The average molecular weight is 403 g/mol. The highest BCUT2D eigenvalue weighted by atomic mass is 32.2. The van der Waals surface area contributed by atoms with Crippen molar-refractivity contribution < 1.29 is 14.7 Å². The molecule has 0 atom stereocenters. The van der Waals surface area contributed by atoms with Crippen molar-refractivity contribution in [1.29, 1.82) is 0 Å². The molecule has 1 aliphatic rings. The highest BCUT2D eigenvalue weighted by molar-refractivity contribution is 7.99. The van der Waals surface area contributed by atoms with Gasteiger partial charge in [0.25, 0.3) is 6.47 Å². The van der Waals surface area contributed by atoms with Gasteiger partial charge in [0, 0.05) is 45.2 Å². The van der Waals surface area contributed by atoms with Crippen molar-refractivity contribution in [3.63, 3.8) is 0 Å². The fourth-order valence-corrected chi connectivity index (χ4v) is 3.67. The molecule has 150 valence electrons. The molecule has 28 heavy (non-hydrogen) atoms. The van der Waals surface area contributed by atoms with Gasteiger partial charge in [0.1, 0.15) is 0 Å². The Kier molecular flexibility index (Phi) is 8.77. The molecule has 2 amide bonds. The zero-order valence-electron chi connectivity index (χ0n) is 16.2. The number of carbonyl (C=O) groups is 2. The Hall–Kier alpha value is -2.58. The lowest BCUT2D eigenvalue weighted by Gasteiger charge is -2.18. The Morgan fingerprint density at radius 3 is 2.79 bits per heavy atom. The highest BCUT2D eigenvalue weighted by Crippen LogP contribution is 2.22. The number of amides is 2. The van der Waals surface area contributed by atoms with Gasteiger partial charge >= 0.3 is 6.03 Å². The topological polar surface area (TPSA) is 85.8 Å². The molecule has 0 saturated heterocycles. The van der Waals surface area contributed by atoms with Gasteiger partial charge in [0.15, 0.2) is 0 Å². The maximum Gasteiger partial charge on any atom is 0.317 e. The van der Waals surface area contributed by atoms with Crippen LogP contribution in [0.1, 0.15) is 16.7 Å². The highest BCUT2D eigenvalue weighted by Gasteiger charge is 2.16.